The number of rotatable bonds is 3. The Balaban J connectivity index is 2.99. The highest BCUT2D eigenvalue weighted by Crippen LogP contribution is 2.12. The van der Waals surface area contributed by atoms with Crippen LogP contribution in [0.25, 0.3) is 0 Å². The van der Waals surface area contributed by atoms with E-state index in [1.165, 1.54) is 18.3 Å². The van der Waals surface area contributed by atoms with Gasteiger partial charge in [0.1, 0.15) is 0 Å². The molecule has 0 radical (unpaired) electrons. The third kappa shape index (κ3) is 2.78. The summed E-state index contributed by atoms with van der Waals surface area (Å²) in [7, 11) is 0. The molecule has 0 bridgehead atoms. The van der Waals surface area contributed by atoms with Gasteiger partial charge in [0.15, 0.2) is 0 Å². The minimum absolute atomic E-state index is 0.0868. The first-order valence-electron chi connectivity index (χ1n) is 5.37. The number of hydrogen-bond donors (Lipinski definition) is 0. The quantitative estimate of drug-likeness (QED) is 0.739. The largest absolute Gasteiger partial charge is 0.334 e. The maximum Gasteiger partial charge on any atom is 0.254 e. The number of aromatic nitrogens is 1. The van der Waals surface area contributed by atoms with Gasteiger partial charge in [-0.05, 0) is 33.8 Å². The Hall–Kier alpha value is -1.45. The summed E-state index contributed by atoms with van der Waals surface area (Å²) >= 11 is 0. The maximum absolute atomic E-state index is 12.9. The van der Waals surface area contributed by atoms with E-state index in [9.17, 15) is 9.18 Å². The predicted molar refractivity (Wildman–Crippen MR) is 60.6 cm³/mol. The molecule has 4 heteroatoms. The van der Waals surface area contributed by atoms with E-state index in [-0.39, 0.29) is 18.0 Å². The molecule has 1 heterocycles. The molecule has 0 spiro atoms. The molecule has 1 aromatic heterocycles. The maximum atomic E-state index is 12.9. The molecule has 0 aromatic carbocycles. The summed E-state index contributed by atoms with van der Waals surface area (Å²) in [6.07, 6.45) is 1.31. The van der Waals surface area contributed by atoms with Gasteiger partial charge in [0.05, 0.1) is 0 Å². The van der Waals surface area contributed by atoms with Gasteiger partial charge in [-0.15, -0.1) is 0 Å². The van der Waals surface area contributed by atoms with Gasteiger partial charge in [0.2, 0.25) is 5.95 Å². The first-order chi connectivity index (χ1) is 7.43. The number of nitrogens with zero attached hydrogens (tertiary/aromatic N) is 2. The number of hydrogen-bond acceptors (Lipinski definition) is 2. The van der Waals surface area contributed by atoms with Gasteiger partial charge in [-0.25, -0.2) is 4.98 Å². The Morgan fingerprint density at radius 3 is 2.31 bits per heavy atom. The third-order valence-corrected chi connectivity index (χ3v) is 2.32. The van der Waals surface area contributed by atoms with Crippen molar-refractivity contribution >= 4 is 5.91 Å². The number of pyridine rings is 1. The van der Waals surface area contributed by atoms with Gasteiger partial charge in [0.25, 0.3) is 5.91 Å². The van der Waals surface area contributed by atoms with Crippen LogP contribution in [0, 0.1) is 5.95 Å². The summed E-state index contributed by atoms with van der Waals surface area (Å²) in [4.78, 5) is 17.3. The van der Waals surface area contributed by atoms with Gasteiger partial charge in [0, 0.05) is 29.9 Å². The van der Waals surface area contributed by atoms with Gasteiger partial charge in [-0.1, -0.05) is 0 Å². The Labute approximate surface area is 95.3 Å². The van der Waals surface area contributed by atoms with Crippen LogP contribution in [0.4, 0.5) is 4.39 Å². The van der Waals surface area contributed by atoms with Crippen molar-refractivity contribution in [3.8, 4) is 0 Å². The van der Waals surface area contributed by atoms with Crippen molar-refractivity contribution in [3.05, 3.63) is 29.8 Å². The van der Waals surface area contributed by atoms with Crippen LogP contribution in [-0.2, 0) is 0 Å². The fraction of sp³-hybridized carbons (Fsp3) is 0.500. The second-order valence-corrected chi connectivity index (χ2v) is 4.27. The summed E-state index contributed by atoms with van der Waals surface area (Å²) in [6.45, 7) is 7.76. The molecule has 1 amide bonds. The molecule has 0 unspecified atom stereocenters. The monoisotopic (exact) mass is 224 g/mol. The molecule has 1 aromatic rings. The highest BCUT2D eigenvalue weighted by atomic mass is 19.1. The zero-order valence-corrected chi connectivity index (χ0v) is 10.1. The van der Waals surface area contributed by atoms with Crippen LogP contribution < -0.4 is 0 Å². The van der Waals surface area contributed by atoms with Crippen molar-refractivity contribution in [3.63, 3.8) is 0 Å². The lowest BCUT2D eigenvalue weighted by Gasteiger charge is -2.30. The Morgan fingerprint density at radius 1 is 1.31 bits per heavy atom. The van der Waals surface area contributed by atoms with E-state index >= 15 is 0 Å². The van der Waals surface area contributed by atoms with E-state index in [4.69, 9.17) is 0 Å². The van der Waals surface area contributed by atoms with Crippen LogP contribution in [0.2, 0.25) is 0 Å². The van der Waals surface area contributed by atoms with Crippen molar-refractivity contribution in [1.82, 2.24) is 9.88 Å². The highest BCUT2D eigenvalue weighted by molar-refractivity contribution is 5.94. The van der Waals surface area contributed by atoms with Crippen LogP contribution in [-0.4, -0.2) is 27.9 Å². The molecule has 16 heavy (non-hydrogen) atoms. The minimum atomic E-state index is -0.627. The van der Waals surface area contributed by atoms with Gasteiger partial charge >= 0.3 is 0 Å². The van der Waals surface area contributed by atoms with Crippen LogP contribution in [0.3, 0.4) is 0 Å². The van der Waals surface area contributed by atoms with Crippen LogP contribution >= 0.6 is 0 Å². The van der Waals surface area contributed by atoms with Gasteiger partial charge in [-0.3, -0.25) is 4.79 Å². The normalized spacial score (nSPS) is 10.9. The summed E-state index contributed by atoms with van der Waals surface area (Å²) < 4.78 is 12.9. The molecule has 0 N–H and O–H groups in total. The van der Waals surface area contributed by atoms with Crippen molar-refractivity contribution < 1.29 is 9.18 Å². The van der Waals surface area contributed by atoms with E-state index in [1.807, 2.05) is 27.7 Å². The Kier molecular flexibility index (Phi) is 3.99. The SMILES string of the molecule is CC(C)N(C(=O)c1ccnc(F)c1)C(C)C. The average Bonchev–Trinajstić information content (AvgIpc) is 2.16. The fourth-order valence-electron chi connectivity index (χ4n) is 1.75. The molecule has 0 aliphatic carbocycles. The lowest BCUT2D eigenvalue weighted by Crippen LogP contribution is -2.42. The van der Waals surface area contributed by atoms with Crippen molar-refractivity contribution in [2.45, 2.75) is 39.8 Å². The Morgan fingerprint density at radius 2 is 1.88 bits per heavy atom. The molecular weight excluding hydrogens is 207 g/mol. The van der Waals surface area contributed by atoms with E-state index in [0.29, 0.717) is 5.56 Å². The molecular formula is C12H17FN2O. The molecule has 0 aliphatic heterocycles. The van der Waals surface area contributed by atoms with Crippen molar-refractivity contribution in [2.75, 3.05) is 0 Å². The number of amides is 1. The summed E-state index contributed by atoms with van der Waals surface area (Å²) in [5, 5.41) is 0. The highest BCUT2D eigenvalue weighted by Gasteiger charge is 2.21. The molecule has 1 rings (SSSR count). The fourth-order valence-corrected chi connectivity index (χ4v) is 1.75. The lowest BCUT2D eigenvalue weighted by atomic mass is 10.1. The van der Waals surface area contributed by atoms with E-state index < -0.39 is 5.95 Å². The van der Waals surface area contributed by atoms with Gasteiger partial charge in [-0.2, -0.15) is 4.39 Å². The summed E-state index contributed by atoms with van der Waals surface area (Å²) in [6, 6.07) is 2.87. The zero-order valence-electron chi connectivity index (χ0n) is 10.1. The number of carbonyl (C=O) groups is 1. The average molecular weight is 224 g/mol. The van der Waals surface area contributed by atoms with E-state index in [0.717, 1.165) is 0 Å². The Bertz CT molecular complexity index is 369. The van der Waals surface area contributed by atoms with Gasteiger partial charge < -0.3 is 4.90 Å². The zero-order chi connectivity index (χ0) is 12.3. The smallest absolute Gasteiger partial charge is 0.254 e. The molecule has 88 valence electrons. The minimum Gasteiger partial charge on any atom is -0.334 e. The van der Waals surface area contributed by atoms with Crippen LogP contribution in [0.1, 0.15) is 38.1 Å². The first-order valence-corrected chi connectivity index (χ1v) is 5.37. The van der Waals surface area contributed by atoms with E-state index in [2.05, 4.69) is 4.98 Å². The van der Waals surface area contributed by atoms with Crippen molar-refractivity contribution in [1.29, 1.82) is 0 Å². The molecule has 0 saturated heterocycles. The molecule has 0 saturated carbocycles. The second-order valence-electron chi connectivity index (χ2n) is 4.27. The second kappa shape index (κ2) is 5.05. The summed E-state index contributed by atoms with van der Waals surface area (Å²) in [5.74, 6) is -0.787. The molecule has 0 atom stereocenters. The van der Waals surface area contributed by atoms with Crippen LogP contribution in [0.5, 0.6) is 0 Å². The standard InChI is InChI=1S/C12H17FN2O/c1-8(2)15(9(3)4)12(16)10-5-6-14-11(13)7-10/h5-9H,1-4H3. The van der Waals surface area contributed by atoms with Crippen LogP contribution in [0.15, 0.2) is 18.3 Å². The number of carbonyl (C=O) groups excluding carboxylic acids is 1. The predicted octanol–water partition coefficient (Wildman–Crippen LogP) is 2.48. The topological polar surface area (TPSA) is 33.2 Å². The lowest BCUT2D eigenvalue weighted by molar-refractivity contribution is 0.0643. The molecule has 3 nitrogen and oxygen atoms in total. The van der Waals surface area contributed by atoms with Crippen molar-refractivity contribution in [2.24, 2.45) is 0 Å². The molecule has 0 aliphatic rings. The van der Waals surface area contributed by atoms with E-state index in [1.54, 1.807) is 4.90 Å². The number of halogens is 1. The third-order valence-electron chi connectivity index (χ3n) is 2.32. The first kappa shape index (κ1) is 12.6. The molecule has 0 fully saturated rings. The summed E-state index contributed by atoms with van der Waals surface area (Å²) in [5.41, 5.74) is 0.342.